The van der Waals surface area contributed by atoms with Crippen LogP contribution in [0.5, 0.6) is 0 Å². The molecule has 0 radical (unpaired) electrons. The first kappa shape index (κ1) is 11.5. The van der Waals surface area contributed by atoms with Crippen molar-refractivity contribution in [3.8, 4) is 12.1 Å². The Labute approximate surface area is 92.0 Å². The quantitative estimate of drug-likeness (QED) is 0.741. The Hall–Kier alpha value is -2.60. The summed E-state index contributed by atoms with van der Waals surface area (Å²) in [6.45, 7) is -0.157. The minimum Gasteiger partial charge on any atom is -0.478 e. The highest BCUT2D eigenvalue weighted by Gasteiger charge is 2.16. The molecule has 1 N–H and O–H groups in total. The van der Waals surface area contributed by atoms with Crippen molar-refractivity contribution in [1.82, 2.24) is 4.98 Å². The van der Waals surface area contributed by atoms with E-state index in [0.717, 1.165) is 0 Å². The lowest BCUT2D eigenvalue weighted by molar-refractivity contribution is 0.0697. The molecule has 0 saturated heterocycles. The van der Waals surface area contributed by atoms with Crippen molar-refractivity contribution < 1.29 is 9.90 Å². The van der Waals surface area contributed by atoms with Crippen LogP contribution in [0.4, 0.5) is 5.82 Å². The normalized spacial score (nSPS) is 8.88. The van der Waals surface area contributed by atoms with Gasteiger partial charge in [0.2, 0.25) is 0 Å². The number of rotatable bonds is 4. The summed E-state index contributed by atoms with van der Waals surface area (Å²) in [4.78, 5) is 16.1. The van der Waals surface area contributed by atoms with Crippen molar-refractivity contribution in [3.63, 3.8) is 0 Å². The smallest absolute Gasteiger partial charge is 0.339 e. The van der Waals surface area contributed by atoms with Crippen molar-refractivity contribution in [2.75, 3.05) is 18.0 Å². The van der Waals surface area contributed by atoms with Crippen LogP contribution in [-0.2, 0) is 0 Å². The van der Waals surface area contributed by atoms with Crippen molar-refractivity contribution in [2.24, 2.45) is 0 Å². The van der Waals surface area contributed by atoms with Gasteiger partial charge in [-0.3, -0.25) is 0 Å². The largest absolute Gasteiger partial charge is 0.478 e. The van der Waals surface area contributed by atoms with E-state index in [1.807, 2.05) is 12.1 Å². The van der Waals surface area contributed by atoms with E-state index >= 15 is 0 Å². The van der Waals surface area contributed by atoms with Gasteiger partial charge in [-0.05, 0) is 12.1 Å². The molecule has 0 bridgehead atoms. The van der Waals surface area contributed by atoms with Crippen LogP contribution in [0, 0.1) is 22.7 Å². The number of aromatic carboxylic acids is 1. The molecular formula is C10H8N4O2. The molecule has 1 aromatic rings. The van der Waals surface area contributed by atoms with Gasteiger partial charge in [-0.2, -0.15) is 10.5 Å². The third-order valence-corrected chi connectivity index (χ3v) is 1.84. The first-order chi connectivity index (χ1) is 7.70. The number of hydrogen-bond donors (Lipinski definition) is 1. The maximum absolute atomic E-state index is 10.9. The van der Waals surface area contributed by atoms with Crippen LogP contribution < -0.4 is 4.90 Å². The van der Waals surface area contributed by atoms with E-state index in [4.69, 9.17) is 15.6 Å². The summed E-state index contributed by atoms with van der Waals surface area (Å²) in [5, 5.41) is 26.1. The lowest BCUT2D eigenvalue weighted by Gasteiger charge is -2.18. The number of nitrogens with zero attached hydrogens (tertiary/aromatic N) is 4. The number of carbonyl (C=O) groups is 1. The second kappa shape index (κ2) is 5.32. The fourth-order valence-electron chi connectivity index (χ4n) is 1.19. The lowest BCUT2D eigenvalue weighted by Crippen LogP contribution is -2.26. The van der Waals surface area contributed by atoms with Crippen LogP contribution in [0.15, 0.2) is 18.3 Å². The van der Waals surface area contributed by atoms with Crippen LogP contribution in [0.1, 0.15) is 10.4 Å². The Morgan fingerprint density at radius 2 is 2.06 bits per heavy atom. The number of pyridine rings is 1. The van der Waals surface area contributed by atoms with Crippen LogP contribution in [0.2, 0.25) is 0 Å². The lowest BCUT2D eigenvalue weighted by atomic mass is 10.2. The molecule has 0 amide bonds. The van der Waals surface area contributed by atoms with E-state index in [9.17, 15) is 4.79 Å². The van der Waals surface area contributed by atoms with Crippen molar-refractivity contribution in [2.45, 2.75) is 0 Å². The van der Waals surface area contributed by atoms with Crippen molar-refractivity contribution in [3.05, 3.63) is 23.9 Å². The van der Waals surface area contributed by atoms with Gasteiger partial charge in [0, 0.05) is 6.20 Å². The third-order valence-electron chi connectivity index (χ3n) is 1.84. The molecule has 1 rings (SSSR count). The van der Waals surface area contributed by atoms with Gasteiger partial charge in [0.25, 0.3) is 0 Å². The molecule has 0 unspecified atom stereocenters. The predicted octanol–water partition coefficient (Wildman–Crippen LogP) is 0.633. The second-order valence-corrected chi connectivity index (χ2v) is 2.85. The molecule has 80 valence electrons. The highest BCUT2D eigenvalue weighted by atomic mass is 16.4. The van der Waals surface area contributed by atoms with Crippen LogP contribution in [0.25, 0.3) is 0 Å². The molecule has 0 spiro atoms. The maximum atomic E-state index is 10.9. The predicted molar refractivity (Wildman–Crippen MR) is 54.6 cm³/mol. The van der Waals surface area contributed by atoms with E-state index < -0.39 is 5.97 Å². The molecule has 0 aliphatic rings. The number of hydrogen-bond acceptors (Lipinski definition) is 5. The molecule has 1 heterocycles. The Kier molecular flexibility index (Phi) is 3.82. The van der Waals surface area contributed by atoms with E-state index in [2.05, 4.69) is 4.98 Å². The van der Waals surface area contributed by atoms with Gasteiger partial charge in [0.05, 0.1) is 12.1 Å². The van der Waals surface area contributed by atoms with Crippen LogP contribution in [-0.4, -0.2) is 29.1 Å². The summed E-state index contributed by atoms with van der Waals surface area (Å²) in [5.74, 6) is -0.998. The topological polar surface area (TPSA) is 101 Å². The summed E-state index contributed by atoms with van der Waals surface area (Å²) in [5.41, 5.74) is -0.0204. The second-order valence-electron chi connectivity index (χ2n) is 2.85. The molecule has 0 aliphatic heterocycles. The molecule has 16 heavy (non-hydrogen) atoms. The molecule has 6 heteroatoms. The zero-order valence-corrected chi connectivity index (χ0v) is 8.29. The summed E-state index contributed by atoms with van der Waals surface area (Å²) >= 11 is 0. The Morgan fingerprint density at radius 1 is 1.44 bits per heavy atom. The standard InChI is InChI=1S/C10H8N4O2/c11-3-6-14(7-4-12)9-8(10(15)16)2-1-5-13-9/h1-2,5H,6-7H2,(H,15,16). The van der Waals surface area contributed by atoms with E-state index in [1.54, 1.807) is 0 Å². The number of anilines is 1. The number of carboxylic acids is 1. The van der Waals surface area contributed by atoms with Gasteiger partial charge in [-0.1, -0.05) is 0 Å². The number of nitriles is 2. The molecule has 0 fully saturated rings. The van der Waals surface area contributed by atoms with Crippen molar-refractivity contribution >= 4 is 11.8 Å². The summed E-state index contributed by atoms with van der Waals surface area (Å²) in [6.07, 6.45) is 1.42. The Bertz CT molecular complexity index is 456. The first-order valence-corrected chi connectivity index (χ1v) is 4.38. The minimum absolute atomic E-state index is 0.0204. The van der Waals surface area contributed by atoms with Gasteiger partial charge in [-0.25, -0.2) is 9.78 Å². The SMILES string of the molecule is N#CCN(CC#N)c1ncccc1C(=O)O. The highest BCUT2D eigenvalue weighted by molar-refractivity contribution is 5.93. The fourth-order valence-corrected chi connectivity index (χ4v) is 1.19. The summed E-state index contributed by atoms with van der Waals surface area (Å²) in [6, 6.07) is 6.59. The number of carboxylic acid groups (broad SMARTS) is 1. The third kappa shape index (κ3) is 2.46. The van der Waals surface area contributed by atoms with Crippen LogP contribution in [0.3, 0.4) is 0 Å². The zero-order valence-electron chi connectivity index (χ0n) is 8.29. The summed E-state index contributed by atoms with van der Waals surface area (Å²) < 4.78 is 0. The van der Waals surface area contributed by atoms with Crippen molar-refractivity contribution in [1.29, 1.82) is 10.5 Å². The monoisotopic (exact) mass is 216 g/mol. The molecule has 0 atom stereocenters. The van der Waals surface area contributed by atoms with Crippen LogP contribution >= 0.6 is 0 Å². The summed E-state index contributed by atoms with van der Waals surface area (Å²) in [7, 11) is 0. The Morgan fingerprint density at radius 3 is 2.56 bits per heavy atom. The fraction of sp³-hybridized carbons (Fsp3) is 0.200. The highest BCUT2D eigenvalue weighted by Crippen LogP contribution is 2.16. The maximum Gasteiger partial charge on any atom is 0.339 e. The number of aromatic nitrogens is 1. The van der Waals surface area contributed by atoms with E-state index in [-0.39, 0.29) is 24.5 Å². The minimum atomic E-state index is -1.14. The molecular weight excluding hydrogens is 208 g/mol. The van der Waals surface area contributed by atoms with E-state index in [0.29, 0.717) is 0 Å². The van der Waals surface area contributed by atoms with E-state index in [1.165, 1.54) is 23.2 Å². The van der Waals surface area contributed by atoms with Gasteiger partial charge in [-0.15, -0.1) is 0 Å². The molecule has 0 aromatic carbocycles. The van der Waals surface area contributed by atoms with Gasteiger partial charge in [0.1, 0.15) is 24.5 Å². The van der Waals surface area contributed by atoms with Gasteiger partial charge in [0.15, 0.2) is 0 Å². The molecule has 0 saturated carbocycles. The molecule has 0 aliphatic carbocycles. The molecule has 1 aromatic heterocycles. The molecule has 6 nitrogen and oxygen atoms in total. The average Bonchev–Trinajstić information content (AvgIpc) is 2.29. The zero-order chi connectivity index (χ0) is 12.0. The van der Waals surface area contributed by atoms with Gasteiger partial charge >= 0.3 is 5.97 Å². The average molecular weight is 216 g/mol. The van der Waals surface area contributed by atoms with Gasteiger partial charge < -0.3 is 10.0 Å². The Balaban J connectivity index is 3.14. The first-order valence-electron chi connectivity index (χ1n) is 4.38.